The Balaban J connectivity index is 1.87. The third kappa shape index (κ3) is 3.01. The Morgan fingerprint density at radius 1 is 1.00 bits per heavy atom. The molecule has 4 aromatic rings. The lowest BCUT2D eigenvalue weighted by Gasteiger charge is -2.11. The molecule has 0 unspecified atom stereocenters. The molecule has 0 saturated heterocycles. The number of ether oxygens (including phenoxy) is 2. The minimum Gasteiger partial charge on any atom is -0.496 e. The number of imidazole rings is 1. The molecular formula is C23H21N3O2. The zero-order chi connectivity index (χ0) is 19.5. The molecule has 140 valence electrons. The molecule has 0 N–H and O–H groups in total. The number of allylic oxidation sites excluding steroid dienone is 1. The highest BCUT2D eigenvalue weighted by atomic mass is 16.5. The van der Waals surface area contributed by atoms with E-state index >= 15 is 0 Å². The molecule has 0 bridgehead atoms. The Hall–Kier alpha value is -3.60. The van der Waals surface area contributed by atoms with E-state index in [0.717, 1.165) is 38.9 Å². The summed E-state index contributed by atoms with van der Waals surface area (Å²) in [6, 6.07) is 17.8. The van der Waals surface area contributed by atoms with Crippen LogP contribution in [0.1, 0.15) is 5.56 Å². The monoisotopic (exact) mass is 371 g/mol. The summed E-state index contributed by atoms with van der Waals surface area (Å²) in [6.07, 6.45) is 3.67. The van der Waals surface area contributed by atoms with Gasteiger partial charge in [-0.3, -0.25) is 0 Å². The van der Waals surface area contributed by atoms with E-state index in [-0.39, 0.29) is 0 Å². The molecule has 0 fully saturated rings. The number of benzene rings is 3. The minimum absolute atomic E-state index is 0.639. The van der Waals surface area contributed by atoms with Crippen LogP contribution in [0.3, 0.4) is 0 Å². The SMILES string of the molecule is C=CCn1c(N=Cc2ccc(OC)c3cccc(OC)c23)nc2ccccc21. The molecule has 4 rings (SSSR count). The Labute approximate surface area is 163 Å². The van der Waals surface area contributed by atoms with Crippen molar-refractivity contribution in [2.24, 2.45) is 4.99 Å². The first kappa shape index (κ1) is 17.8. The number of fused-ring (bicyclic) bond motifs is 2. The van der Waals surface area contributed by atoms with Crippen LogP contribution in [0.15, 0.2) is 72.2 Å². The van der Waals surface area contributed by atoms with Crippen molar-refractivity contribution in [1.82, 2.24) is 9.55 Å². The van der Waals surface area contributed by atoms with Gasteiger partial charge in [-0.05, 0) is 30.3 Å². The summed E-state index contributed by atoms with van der Waals surface area (Å²) in [5.74, 6) is 2.21. The molecule has 1 aromatic heterocycles. The molecule has 0 radical (unpaired) electrons. The normalized spacial score (nSPS) is 11.4. The van der Waals surface area contributed by atoms with Crippen molar-refractivity contribution in [2.75, 3.05) is 14.2 Å². The van der Waals surface area contributed by atoms with Crippen molar-refractivity contribution in [1.29, 1.82) is 0 Å². The standard InChI is InChI=1S/C23H21N3O2/c1-4-14-26-19-10-6-5-9-18(19)25-23(26)24-15-16-12-13-20(27-2)17-8-7-11-21(28-3)22(16)17/h4-13,15H,1,14H2,2-3H3. The minimum atomic E-state index is 0.639. The largest absolute Gasteiger partial charge is 0.496 e. The van der Waals surface area contributed by atoms with Crippen molar-refractivity contribution in [2.45, 2.75) is 6.54 Å². The second-order valence-electron chi connectivity index (χ2n) is 6.30. The van der Waals surface area contributed by atoms with Crippen LogP contribution in [0.2, 0.25) is 0 Å². The van der Waals surface area contributed by atoms with Gasteiger partial charge in [0, 0.05) is 29.1 Å². The predicted octanol–water partition coefficient (Wildman–Crippen LogP) is 5.14. The van der Waals surface area contributed by atoms with E-state index in [2.05, 4.69) is 11.6 Å². The lowest BCUT2D eigenvalue weighted by atomic mass is 10.0. The average Bonchev–Trinajstić information content (AvgIpc) is 3.09. The molecule has 3 aromatic carbocycles. The number of aromatic nitrogens is 2. The Morgan fingerprint density at radius 2 is 1.82 bits per heavy atom. The van der Waals surface area contributed by atoms with Gasteiger partial charge >= 0.3 is 0 Å². The fourth-order valence-electron chi connectivity index (χ4n) is 3.43. The molecule has 0 aliphatic carbocycles. The molecule has 5 nitrogen and oxygen atoms in total. The number of hydrogen-bond donors (Lipinski definition) is 0. The molecule has 0 aliphatic rings. The first-order valence-electron chi connectivity index (χ1n) is 9.00. The highest BCUT2D eigenvalue weighted by molar-refractivity contribution is 6.06. The van der Waals surface area contributed by atoms with Crippen molar-refractivity contribution in [3.63, 3.8) is 0 Å². The van der Waals surface area contributed by atoms with E-state index in [1.165, 1.54) is 0 Å². The number of nitrogens with zero attached hydrogens (tertiary/aromatic N) is 3. The molecule has 0 atom stereocenters. The summed E-state index contributed by atoms with van der Waals surface area (Å²) in [7, 11) is 3.33. The summed E-state index contributed by atoms with van der Waals surface area (Å²) in [5.41, 5.74) is 2.88. The first-order valence-corrected chi connectivity index (χ1v) is 9.00. The molecule has 28 heavy (non-hydrogen) atoms. The number of methoxy groups -OCH3 is 2. The third-order valence-corrected chi connectivity index (χ3v) is 4.70. The highest BCUT2D eigenvalue weighted by Crippen LogP contribution is 2.34. The van der Waals surface area contributed by atoms with Crippen LogP contribution >= 0.6 is 0 Å². The van der Waals surface area contributed by atoms with Gasteiger partial charge in [0.25, 0.3) is 0 Å². The van der Waals surface area contributed by atoms with E-state index in [1.807, 2.05) is 71.5 Å². The molecule has 5 heteroatoms. The Morgan fingerprint density at radius 3 is 2.61 bits per heavy atom. The maximum Gasteiger partial charge on any atom is 0.230 e. The zero-order valence-corrected chi connectivity index (χ0v) is 15.9. The van der Waals surface area contributed by atoms with Crippen LogP contribution in [-0.4, -0.2) is 30.0 Å². The maximum absolute atomic E-state index is 5.58. The molecule has 0 saturated carbocycles. The molecule has 0 amide bonds. The summed E-state index contributed by atoms with van der Waals surface area (Å²) in [4.78, 5) is 9.36. The lowest BCUT2D eigenvalue weighted by molar-refractivity contribution is 0.415. The van der Waals surface area contributed by atoms with Crippen molar-refractivity contribution >= 4 is 34.0 Å². The van der Waals surface area contributed by atoms with Gasteiger partial charge in [-0.15, -0.1) is 6.58 Å². The molecular weight excluding hydrogens is 350 g/mol. The van der Waals surface area contributed by atoms with Crippen LogP contribution in [-0.2, 0) is 6.54 Å². The summed E-state index contributed by atoms with van der Waals surface area (Å²) < 4.78 is 13.1. The predicted molar refractivity (Wildman–Crippen MR) is 114 cm³/mol. The number of para-hydroxylation sites is 2. The Bertz CT molecular complexity index is 1190. The van der Waals surface area contributed by atoms with Crippen molar-refractivity contribution < 1.29 is 9.47 Å². The number of aliphatic imine (C=N–C) groups is 1. The van der Waals surface area contributed by atoms with E-state index in [4.69, 9.17) is 14.5 Å². The quantitative estimate of drug-likeness (QED) is 0.348. The molecule has 1 heterocycles. The van der Waals surface area contributed by atoms with E-state index in [1.54, 1.807) is 14.2 Å². The van der Waals surface area contributed by atoms with E-state index < -0.39 is 0 Å². The highest BCUT2D eigenvalue weighted by Gasteiger charge is 2.11. The van der Waals surface area contributed by atoms with Crippen LogP contribution in [0.25, 0.3) is 21.8 Å². The maximum atomic E-state index is 5.58. The van der Waals surface area contributed by atoms with Gasteiger partial charge in [-0.2, -0.15) is 0 Å². The zero-order valence-electron chi connectivity index (χ0n) is 15.9. The lowest BCUT2D eigenvalue weighted by Crippen LogP contribution is -1.96. The number of rotatable bonds is 6. The Kier molecular flexibility index (Phi) is 4.81. The topological polar surface area (TPSA) is 48.6 Å². The summed E-state index contributed by atoms with van der Waals surface area (Å²) in [6.45, 7) is 4.49. The second-order valence-corrected chi connectivity index (χ2v) is 6.30. The average molecular weight is 371 g/mol. The van der Waals surface area contributed by atoms with Gasteiger partial charge in [-0.1, -0.05) is 30.3 Å². The third-order valence-electron chi connectivity index (χ3n) is 4.70. The summed E-state index contributed by atoms with van der Waals surface area (Å²) >= 11 is 0. The van der Waals surface area contributed by atoms with Crippen LogP contribution in [0, 0.1) is 0 Å². The second kappa shape index (κ2) is 7.56. The van der Waals surface area contributed by atoms with E-state index in [9.17, 15) is 0 Å². The first-order chi connectivity index (χ1) is 13.8. The van der Waals surface area contributed by atoms with E-state index in [0.29, 0.717) is 12.5 Å². The van der Waals surface area contributed by atoms with Crippen LogP contribution in [0.4, 0.5) is 5.95 Å². The summed E-state index contributed by atoms with van der Waals surface area (Å²) in [5, 5.41) is 1.94. The van der Waals surface area contributed by atoms with Crippen LogP contribution in [0.5, 0.6) is 11.5 Å². The van der Waals surface area contributed by atoms with Gasteiger partial charge < -0.3 is 14.0 Å². The molecule has 0 aliphatic heterocycles. The van der Waals surface area contributed by atoms with Gasteiger partial charge in [-0.25, -0.2) is 9.98 Å². The van der Waals surface area contributed by atoms with Crippen molar-refractivity contribution in [3.8, 4) is 11.5 Å². The van der Waals surface area contributed by atoms with Crippen LogP contribution < -0.4 is 9.47 Å². The van der Waals surface area contributed by atoms with Gasteiger partial charge in [0.1, 0.15) is 11.5 Å². The van der Waals surface area contributed by atoms with Crippen molar-refractivity contribution in [3.05, 3.63) is 72.8 Å². The fourth-order valence-corrected chi connectivity index (χ4v) is 3.43. The van der Waals surface area contributed by atoms with Gasteiger partial charge in [0.2, 0.25) is 5.95 Å². The van der Waals surface area contributed by atoms with Gasteiger partial charge in [0.15, 0.2) is 0 Å². The molecule has 0 spiro atoms. The fraction of sp³-hybridized carbons (Fsp3) is 0.130. The van der Waals surface area contributed by atoms with Gasteiger partial charge in [0.05, 0.1) is 25.3 Å². The number of hydrogen-bond acceptors (Lipinski definition) is 4. The smallest absolute Gasteiger partial charge is 0.230 e.